The van der Waals surface area contributed by atoms with Gasteiger partial charge in [0.05, 0.1) is 18.9 Å². The predicted molar refractivity (Wildman–Crippen MR) is 93.5 cm³/mol. The number of anilines is 1. The van der Waals surface area contributed by atoms with Gasteiger partial charge in [-0.1, -0.05) is 17.3 Å². The number of urea groups is 1. The molecule has 2 amide bonds. The van der Waals surface area contributed by atoms with Crippen LogP contribution in [0.4, 0.5) is 10.5 Å². The Labute approximate surface area is 151 Å². The lowest BCUT2D eigenvalue weighted by Gasteiger charge is -2.34. The highest BCUT2D eigenvalue weighted by Crippen LogP contribution is 2.28. The van der Waals surface area contributed by atoms with Crippen molar-refractivity contribution < 1.29 is 18.8 Å². The van der Waals surface area contributed by atoms with E-state index in [0.717, 1.165) is 24.9 Å². The molecule has 8 heteroatoms. The molecule has 1 N–H and O–H groups in total. The van der Waals surface area contributed by atoms with Gasteiger partial charge in [0.1, 0.15) is 0 Å². The molecule has 8 nitrogen and oxygen atoms in total. The van der Waals surface area contributed by atoms with Crippen molar-refractivity contribution in [2.75, 3.05) is 31.6 Å². The van der Waals surface area contributed by atoms with Gasteiger partial charge in [0.2, 0.25) is 11.7 Å². The first-order valence-corrected chi connectivity index (χ1v) is 8.89. The molecule has 1 aromatic heterocycles. The van der Waals surface area contributed by atoms with Crippen molar-refractivity contribution in [2.24, 2.45) is 5.92 Å². The number of carbonyl (C=O) groups is 1. The zero-order chi connectivity index (χ0) is 17.9. The molecule has 0 bridgehead atoms. The number of hydrogen-bond acceptors (Lipinski definition) is 6. The fraction of sp³-hybridized carbons (Fsp3) is 0.500. The number of nitrogens with zero attached hydrogens (tertiary/aromatic N) is 3. The number of carbonyl (C=O) groups excluding carboxylic acids is 1. The van der Waals surface area contributed by atoms with Crippen molar-refractivity contribution in [1.82, 2.24) is 15.0 Å². The number of ether oxygens (including phenoxy) is 2. The Morgan fingerprint density at radius 3 is 2.85 bits per heavy atom. The first-order valence-electron chi connectivity index (χ1n) is 8.89. The van der Waals surface area contributed by atoms with E-state index >= 15 is 0 Å². The van der Waals surface area contributed by atoms with Crippen LogP contribution in [0, 0.1) is 12.8 Å². The van der Waals surface area contributed by atoms with Crippen molar-refractivity contribution in [1.29, 1.82) is 0 Å². The lowest BCUT2D eigenvalue weighted by Crippen LogP contribution is -2.45. The smallest absolute Gasteiger partial charge is 0.321 e. The SMILES string of the molecule is Cc1nc(-c2ccccc2NC(=O)N2CCCC(C3OCCO3)C2)no1. The Bertz CT molecular complexity index is 772. The molecule has 0 spiro atoms. The molecule has 0 saturated carbocycles. The molecule has 26 heavy (non-hydrogen) atoms. The van der Waals surface area contributed by atoms with E-state index in [0.29, 0.717) is 37.2 Å². The highest BCUT2D eigenvalue weighted by atomic mass is 16.7. The summed E-state index contributed by atoms with van der Waals surface area (Å²) in [6.07, 6.45) is 1.75. The largest absolute Gasteiger partial charge is 0.350 e. The molecular weight excluding hydrogens is 336 g/mol. The molecular formula is C18H22N4O4. The summed E-state index contributed by atoms with van der Waals surface area (Å²) in [6, 6.07) is 7.30. The number of aromatic nitrogens is 2. The summed E-state index contributed by atoms with van der Waals surface area (Å²) in [5, 5.41) is 6.93. The summed E-state index contributed by atoms with van der Waals surface area (Å²) < 4.78 is 16.3. The molecule has 2 fully saturated rings. The Balaban J connectivity index is 1.46. The van der Waals surface area contributed by atoms with Crippen molar-refractivity contribution in [3.8, 4) is 11.4 Å². The van der Waals surface area contributed by atoms with Gasteiger partial charge in [0.15, 0.2) is 6.29 Å². The summed E-state index contributed by atoms with van der Waals surface area (Å²) in [4.78, 5) is 18.9. The van der Waals surface area contributed by atoms with Crippen molar-refractivity contribution >= 4 is 11.7 Å². The number of likely N-dealkylation sites (tertiary alicyclic amines) is 1. The molecule has 138 valence electrons. The fourth-order valence-electron chi connectivity index (χ4n) is 3.46. The number of rotatable bonds is 3. The van der Waals surface area contributed by atoms with E-state index in [2.05, 4.69) is 15.5 Å². The monoisotopic (exact) mass is 358 g/mol. The summed E-state index contributed by atoms with van der Waals surface area (Å²) >= 11 is 0. The normalized spacial score (nSPS) is 21.1. The third-order valence-corrected chi connectivity index (χ3v) is 4.71. The van der Waals surface area contributed by atoms with Crippen molar-refractivity contribution in [2.45, 2.75) is 26.1 Å². The van der Waals surface area contributed by atoms with Crippen LogP contribution in [0.25, 0.3) is 11.4 Å². The highest BCUT2D eigenvalue weighted by molar-refractivity contribution is 5.93. The van der Waals surface area contributed by atoms with Gasteiger partial charge < -0.3 is 24.2 Å². The third-order valence-electron chi connectivity index (χ3n) is 4.71. The van der Waals surface area contributed by atoms with E-state index < -0.39 is 0 Å². The van der Waals surface area contributed by atoms with Crippen molar-refractivity contribution in [3.63, 3.8) is 0 Å². The van der Waals surface area contributed by atoms with Crippen LogP contribution in [-0.4, -0.2) is 53.7 Å². The first-order chi connectivity index (χ1) is 12.7. The van der Waals surface area contributed by atoms with Gasteiger partial charge in [-0.05, 0) is 25.0 Å². The second-order valence-corrected chi connectivity index (χ2v) is 6.57. The summed E-state index contributed by atoms with van der Waals surface area (Å²) in [5.74, 6) is 1.16. The van der Waals surface area contributed by atoms with E-state index in [1.54, 1.807) is 6.92 Å². The minimum Gasteiger partial charge on any atom is -0.350 e. The topological polar surface area (TPSA) is 89.7 Å². The number of piperidine rings is 1. The van der Waals surface area contributed by atoms with Gasteiger partial charge in [-0.25, -0.2) is 4.79 Å². The maximum absolute atomic E-state index is 12.8. The van der Waals surface area contributed by atoms with Crippen LogP contribution in [-0.2, 0) is 9.47 Å². The Hall–Kier alpha value is -2.45. The summed E-state index contributed by atoms with van der Waals surface area (Å²) in [7, 11) is 0. The maximum Gasteiger partial charge on any atom is 0.321 e. The van der Waals surface area contributed by atoms with Gasteiger partial charge in [-0.2, -0.15) is 4.98 Å². The zero-order valence-electron chi connectivity index (χ0n) is 14.7. The van der Waals surface area contributed by atoms with Crippen LogP contribution in [0.1, 0.15) is 18.7 Å². The minimum atomic E-state index is -0.194. The minimum absolute atomic E-state index is 0.139. The molecule has 2 aromatic rings. The zero-order valence-corrected chi connectivity index (χ0v) is 14.7. The van der Waals surface area contributed by atoms with Crippen LogP contribution in [0.2, 0.25) is 0 Å². The molecule has 1 unspecified atom stereocenters. The number of para-hydroxylation sites is 1. The Kier molecular flexibility index (Phi) is 4.85. The average molecular weight is 358 g/mol. The molecule has 0 aliphatic carbocycles. The second kappa shape index (κ2) is 7.43. The lowest BCUT2D eigenvalue weighted by molar-refractivity contribution is -0.0959. The number of benzene rings is 1. The lowest BCUT2D eigenvalue weighted by atomic mass is 9.97. The highest BCUT2D eigenvalue weighted by Gasteiger charge is 2.33. The van der Waals surface area contributed by atoms with E-state index in [1.165, 1.54) is 0 Å². The molecule has 0 radical (unpaired) electrons. The van der Waals surface area contributed by atoms with Crippen LogP contribution in [0.5, 0.6) is 0 Å². The Morgan fingerprint density at radius 1 is 1.27 bits per heavy atom. The first kappa shape index (κ1) is 17.0. The van der Waals surface area contributed by atoms with Gasteiger partial charge >= 0.3 is 6.03 Å². The van der Waals surface area contributed by atoms with Gasteiger partial charge in [0, 0.05) is 31.5 Å². The fourth-order valence-corrected chi connectivity index (χ4v) is 3.46. The summed E-state index contributed by atoms with van der Waals surface area (Å²) in [5.41, 5.74) is 1.39. The van der Waals surface area contributed by atoms with Crippen LogP contribution < -0.4 is 5.32 Å². The number of aryl methyl sites for hydroxylation is 1. The molecule has 1 atom stereocenters. The molecule has 1 aromatic carbocycles. The van der Waals surface area contributed by atoms with Gasteiger partial charge in [-0.15, -0.1) is 0 Å². The quantitative estimate of drug-likeness (QED) is 0.907. The third kappa shape index (κ3) is 3.56. The second-order valence-electron chi connectivity index (χ2n) is 6.57. The predicted octanol–water partition coefficient (Wildman–Crippen LogP) is 2.66. The molecule has 2 aliphatic rings. The number of nitrogens with one attached hydrogen (secondary N) is 1. The van der Waals surface area contributed by atoms with Crippen LogP contribution in [0.3, 0.4) is 0 Å². The van der Waals surface area contributed by atoms with Crippen LogP contribution >= 0.6 is 0 Å². The van der Waals surface area contributed by atoms with E-state index in [4.69, 9.17) is 14.0 Å². The van der Waals surface area contributed by atoms with Gasteiger partial charge in [0.25, 0.3) is 0 Å². The van der Waals surface area contributed by atoms with E-state index in [-0.39, 0.29) is 18.2 Å². The maximum atomic E-state index is 12.8. The molecule has 2 aliphatic heterocycles. The van der Waals surface area contributed by atoms with Crippen LogP contribution in [0.15, 0.2) is 28.8 Å². The van der Waals surface area contributed by atoms with Gasteiger partial charge in [-0.3, -0.25) is 0 Å². The molecule has 4 rings (SSSR count). The molecule has 3 heterocycles. The number of amides is 2. The van der Waals surface area contributed by atoms with E-state index in [1.807, 2.05) is 29.2 Å². The van der Waals surface area contributed by atoms with Crippen molar-refractivity contribution in [3.05, 3.63) is 30.2 Å². The van der Waals surface area contributed by atoms with E-state index in [9.17, 15) is 4.79 Å². The molecule has 2 saturated heterocycles. The number of hydrogen-bond donors (Lipinski definition) is 1. The Morgan fingerprint density at radius 2 is 2.08 bits per heavy atom. The summed E-state index contributed by atoms with van der Waals surface area (Å²) in [6.45, 7) is 4.34. The standard InChI is InChI=1S/C18H22N4O4/c1-12-19-16(21-26-12)14-6-2-3-7-15(14)20-18(23)22-8-4-5-13(11-22)17-24-9-10-25-17/h2-3,6-7,13,17H,4-5,8-11H2,1H3,(H,20,23). The average Bonchev–Trinajstić information content (AvgIpc) is 3.34.